The molecule has 0 aliphatic carbocycles. The summed E-state index contributed by atoms with van der Waals surface area (Å²) < 4.78 is 7.10. The third-order valence-corrected chi connectivity index (χ3v) is 3.12. The highest BCUT2D eigenvalue weighted by molar-refractivity contribution is 5.91. The van der Waals surface area contributed by atoms with Crippen molar-refractivity contribution >= 4 is 5.91 Å². The summed E-state index contributed by atoms with van der Waals surface area (Å²) in [6, 6.07) is 3.42. The lowest BCUT2D eigenvalue weighted by molar-refractivity contribution is 0.0697. The first-order chi connectivity index (χ1) is 8.25. The summed E-state index contributed by atoms with van der Waals surface area (Å²) in [5, 5.41) is 0. The van der Waals surface area contributed by atoms with Gasteiger partial charge in [0.2, 0.25) is 0 Å². The molecule has 2 aromatic rings. The van der Waals surface area contributed by atoms with Gasteiger partial charge >= 0.3 is 0 Å². The van der Waals surface area contributed by atoms with Crippen LogP contribution in [0, 0.1) is 0 Å². The molecule has 0 unspecified atom stereocenters. The van der Waals surface area contributed by atoms with Crippen molar-refractivity contribution in [3.05, 3.63) is 41.9 Å². The second-order valence-corrected chi connectivity index (χ2v) is 4.20. The molecule has 5 heteroatoms. The number of imidazole rings is 1. The van der Waals surface area contributed by atoms with Crippen molar-refractivity contribution in [3.8, 4) is 0 Å². The summed E-state index contributed by atoms with van der Waals surface area (Å²) in [5.74, 6) is 0.345. The summed E-state index contributed by atoms with van der Waals surface area (Å²) in [7, 11) is 1.95. The van der Waals surface area contributed by atoms with Crippen molar-refractivity contribution in [1.29, 1.82) is 0 Å². The molecule has 5 nitrogen and oxygen atoms in total. The Labute approximate surface area is 98.7 Å². The minimum atomic E-state index is -0.0538. The Morgan fingerprint density at radius 1 is 1.53 bits per heavy atom. The molecule has 0 aromatic carbocycles. The molecular weight excluding hydrogens is 218 g/mol. The maximum Gasteiger partial charge on any atom is 0.289 e. The van der Waals surface area contributed by atoms with Crippen LogP contribution in [0.15, 0.2) is 29.1 Å². The molecule has 0 atom stereocenters. The van der Waals surface area contributed by atoms with E-state index in [4.69, 9.17) is 4.42 Å². The molecule has 2 aromatic heterocycles. The number of nitrogens with zero attached hydrogens (tertiary/aromatic N) is 3. The third-order valence-electron chi connectivity index (χ3n) is 3.12. The van der Waals surface area contributed by atoms with Gasteiger partial charge in [0.1, 0.15) is 0 Å². The highest BCUT2D eigenvalue weighted by atomic mass is 16.3. The molecule has 17 heavy (non-hydrogen) atoms. The number of fused-ring (bicyclic) bond motifs is 1. The summed E-state index contributed by atoms with van der Waals surface area (Å²) >= 11 is 0. The highest BCUT2D eigenvalue weighted by Crippen LogP contribution is 2.19. The first-order valence-corrected chi connectivity index (χ1v) is 5.57. The number of hydrogen-bond donors (Lipinski definition) is 0. The monoisotopic (exact) mass is 231 g/mol. The SMILES string of the molecule is Cn1cnc2c1CN(C(=O)c1ccco1)CC2. The average molecular weight is 231 g/mol. The zero-order valence-electron chi connectivity index (χ0n) is 9.59. The van der Waals surface area contributed by atoms with Crippen LogP contribution in [0.3, 0.4) is 0 Å². The molecule has 0 spiro atoms. The minimum Gasteiger partial charge on any atom is -0.459 e. The molecule has 0 bridgehead atoms. The van der Waals surface area contributed by atoms with Crippen LogP contribution in [0.1, 0.15) is 21.9 Å². The quantitative estimate of drug-likeness (QED) is 0.741. The van der Waals surface area contributed by atoms with E-state index in [1.165, 1.54) is 6.26 Å². The molecule has 3 rings (SSSR count). The zero-order chi connectivity index (χ0) is 11.8. The molecule has 0 saturated carbocycles. The van der Waals surface area contributed by atoms with Crippen LogP contribution in [0.25, 0.3) is 0 Å². The normalized spacial score (nSPS) is 14.8. The van der Waals surface area contributed by atoms with Crippen LogP contribution in [-0.4, -0.2) is 26.9 Å². The number of hydrogen-bond acceptors (Lipinski definition) is 3. The van der Waals surface area contributed by atoms with Gasteiger partial charge in [-0.25, -0.2) is 4.98 Å². The van der Waals surface area contributed by atoms with E-state index >= 15 is 0 Å². The summed E-state index contributed by atoms with van der Waals surface area (Å²) in [4.78, 5) is 18.2. The highest BCUT2D eigenvalue weighted by Gasteiger charge is 2.25. The first kappa shape index (κ1) is 10.1. The number of amides is 1. The van der Waals surface area contributed by atoms with Crippen molar-refractivity contribution in [3.63, 3.8) is 0 Å². The van der Waals surface area contributed by atoms with Gasteiger partial charge in [0.05, 0.1) is 30.5 Å². The van der Waals surface area contributed by atoms with Crippen molar-refractivity contribution in [2.24, 2.45) is 7.05 Å². The van der Waals surface area contributed by atoms with E-state index in [1.807, 2.05) is 11.6 Å². The van der Waals surface area contributed by atoms with Crippen LogP contribution < -0.4 is 0 Å². The Hall–Kier alpha value is -2.04. The summed E-state index contributed by atoms with van der Waals surface area (Å²) in [5.41, 5.74) is 2.20. The van der Waals surface area contributed by atoms with Crippen LogP contribution in [-0.2, 0) is 20.0 Å². The van der Waals surface area contributed by atoms with Gasteiger partial charge in [0.25, 0.3) is 5.91 Å². The number of rotatable bonds is 1. The van der Waals surface area contributed by atoms with Crippen LogP contribution >= 0.6 is 0 Å². The van der Waals surface area contributed by atoms with E-state index in [2.05, 4.69) is 4.98 Å². The molecule has 0 radical (unpaired) electrons. The van der Waals surface area contributed by atoms with Gasteiger partial charge in [-0.2, -0.15) is 0 Å². The van der Waals surface area contributed by atoms with Gasteiger partial charge in [-0.1, -0.05) is 0 Å². The Morgan fingerprint density at radius 2 is 2.41 bits per heavy atom. The Bertz CT molecular complexity index is 542. The van der Waals surface area contributed by atoms with Crippen molar-refractivity contribution in [2.45, 2.75) is 13.0 Å². The largest absolute Gasteiger partial charge is 0.459 e. The molecule has 1 aliphatic rings. The molecule has 1 aliphatic heterocycles. The predicted octanol–water partition coefficient (Wildman–Crippen LogP) is 1.21. The van der Waals surface area contributed by atoms with Crippen LogP contribution in [0.5, 0.6) is 0 Å². The number of aromatic nitrogens is 2. The molecule has 0 fully saturated rings. The Kier molecular flexibility index (Phi) is 2.24. The van der Waals surface area contributed by atoms with E-state index in [9.17, 15) is 4.79 Å². The van der Waals surface area contributed by atoms with Crippen LogP contribution in [0.2, 0.25) is 0 Å². The van der Waals surface area contributed by atoms with Gasteiger partial charge in [-0.05, 0) is 12.1 Å². The number of aryl methyl sites for hydroxylation is 1. The van der Waals surface area contributed by atoms with E-state index in [0.29, 0.717) is 18.8 Å². The Morgan fingerprint density at radius 3 is 3.18 bits per heavy atom. The van der Waals surface area contributed by atoms with Gasteiger partial charge in [0.15, 0.2) is 5.76 Å². The smallest absolute Gasteiger partial charge is 0.289 e. The Balaban J connectivity index is 1.84. The van der Waals surface area contributed by atoms with Crippen molar-refractivity contribution in [2.75, 3.05) is 6.54 Å². The first-order valence-electron chi connectivity index (χ1n) is 5.57. The molecule has 1 amide bonds. The standard InChI is InChI=1S/C12H13N3O2/c1-14-8-13-9-4-5-15(7-10(9)14)12(16)11-3-2-6-17-11/h2-3,6,8H,4-5,7H2,1H3. The van der Waals surface area contributed by atoms with E-state index < -0.39 is 0 Å². The number of furan rings is 1. The summed E-state index contributed by atoms with van der Waals surface area (Å²) in [6.45, 7) is 1.30. The molecule has 0 N–H and O–H groups in total. The molecular formula is C12H13N3O2. The van der Waals surface area contributed by atoms with Gasteiger partial charge in [-0.3, -0.25) is 4.79 Å². The lowest BCUT2D eigenvalue weighted by atomic mass is 10.1. The van der Waals surface area contributed by atoms with E-state index in [0.717, 1.165) is 17.8 Å². The molecule has 3 heterocycles. The van der Waals surface area contributed by atoms with Crippen molar-refractivity contribution in [1.82, 2.24) is 14.5 Å². The lowest BCUT2D eigenvalue weighted by Crippen LogP contribution is -2.36. The lowest BCUT2D eigenvalue weighted by Gasteiger charge is -2.26. The average Bonchev–Trinajstić information content (AvgIpc) is 2.98. The van der Waals surface area contributed by atoms with Gasteiger partial charge < -0.3 is 13.9 Å². The number of carbonyl (C=O) groups excluding carboxylic acids is 1. The molecule has 88 valence electrons. The maximum absolute atomic E-state index is 12.1. The second kappa shape index (κ2) is 3.76. The van der Waals surface area contributed by atoms with E-state index in [-0.39, 0.29) is 5.91 Å². The fourth-order valence-corrected chi connectivity index (χ4v) is 2.15. The minimum absolute atomic E-state index is 0.0538. The number of carbonyl (C=O) groups is 1. The van der Waals surface area contributed by atoms with E-state index in [1.54, 1.807) is 23.4 Å². The fraction of sp³-hybridized carbons (Fsp3) is 0.333. The van der Waals surface area contributed by atoms with Gasteiger partial charge in [0, 0.05) is 20.0 Å². The van der Waals surface area contributed by atoms with Crippen LogP contribution in [0.4, 0.5) is 0 Å². The topological polar surface area (TPSA) is 51.3 Å². The maximum atomic E-state index is 12.1. The zero-order valence-corrected chi connectivity index (χ0v) is 9.59. The second-order valence-electron chi connectivity index (χ2n) is 4.20. The fourth-order valence-electron chi connectivity index (χ4n) is 2.15. The third kappa shape index (κ3) is 1.63. The van der Waals surface area contributed by atoms with Crippen molar-refractivity contribution < 1.29 is 9.21 Å². The molecule has 0 saturated heterocycles. The summed E-state index contributed by atoms with van der Waals surface area (Å²) in [6.07, 6.45) is 4.13. The van der Waals surface area contributed by atoms with Gasteiger partial charge in [-0.15, -0.1) is 0 Å². The predicted molar refractivity (Wildman–Crippen MR) is 60.4 cm³/mol.